The average molecular weight is 248 g/mol. The normalized spacial score (nSPS) is 17.8. The van der Waals surface area contributed by atoms with Gasteiger partial charge >= 0.3 is 0 Å². The molecule has 1 saturated carbocycles. The van der Waals surface area contributed by atoms with E-state index < -0.39 is 0 Å². The van der Waals surface area contributed by atoms with Crippen molar-refractivity contribution in [1.82, 2.24) is 4.90 Å². The minimum absolute atomic E-state index is 0.207. The van der Waals surface area contributed by atoms with Gasteiger partial charge in [0.25, 0.3) is 0 Å². The first-order chi connectivity index (χ1) is 8.76. The van der Waals surface area contributed by atoms with Crippen LogP contribution in [0.5, 0.6) is 0 Å². The molecule has 0 amide bonds. The summed E-state index contributed by atoms with van der Waals surface area (Å²) in [7, 11) is 0. The standard InChI is InChI=1S/C15H24N2O/c1-12-4-2-5-13(10-12)15(11-16)17(8-9-18)14-6-3-7-14/h2,4-5,10,14-15,18H,3,6-9,11,16H2,1H3. The number of aliphatic hydroxyl groups excluding tert-OH is 1. The first-order valence-corrected chi connectivity index (χ1v) is 6.89. The first kappa shape index (κ1) is 13.5. The summed E-state index contributed by atoms with van der Waals surface area (Å²) >= 11 is 0. The SMILES string of the molecule is Cc1cccc(C(CN)N(CCO)C2CCC2)c1. The van der Waals surface area contributed by atoms with Gasteiger partial charge in [0.2, 0.25) is 0 Å². The molecule has 18 heavy (non-hydrogen) atoms. The Morgan fingerprint density at radius 2 is 2.22 bits per heavy atom. The maximum atomic E-state index is 9.27. The van der Waals surface area contributed by atoms with Crippen molar-refractivity contribution in [3.63, 3.8) is 0 Å². The Labute approximate surface area is 110 Å². The van der Waals surface area contributed by atoms with Crippen LogP contribution < -0.4 is 5.73 Å². The predicted molar refractivity (Wildman–Crippen MR) is 74.4 cm³/mol. The molecule has 0 bridgehead atoms. The molecule has 0 spiro atoms. The summed E-state index contributed by atoms with van der Waals surface area (Å²) in [4.78, 5) is 2.39. The monoisotopic (exact) mass is 248 g/mol. The summed E-state index contributed by atoms with van der Waals surface area (Å²) in [5.74, 6) is 0. The van der Waals surface area contributed by atoms with Crippen molar-refractivity contribution in [2.75, 3.05) is 19.7 Å². The minimum Gasteiger partial charge on any atom is -0.395 e. The van der Waals surface area contributed by atoms with E-state index in [0.717, 1.165) is 6.54 Å². The van der Waals surface area contributed by atoms with E-state index in [-0.39, 0.29) is 12.6 Å². The molecule has 1 aliphatic carbocycles. The summed E-state index contributed by atoms with van der Waals surface area (Å²) in [6.45, 7) is 3.65. The van der Waals surface area contributed by atoms with Gasteiger partial charge in [-0.3, -0.25) is 4.90 Å². The molecule has 1 atom stereocenters. The van der Waals surface area contributed by atoms with Gasteiger partial charge in [0.05, 0.1) is 6.61 Å². The van der Waals surface area contributed by atoms with Crippen LogP contribution in [-0.2, 0) is 0 Å². The predicted octanol–water partition coefficient (Wildman–Crippen LogP) is 1.84. The molecule has 0 aromatic heterocycles. The Bertz CT molecular complexity index is 377. The highest BCUT2D eigenvalue weighted by Gasteiger charge is 2.30. The summed E-state index contributed by atoms with van der Waals surface area (Å²) in [5.41, 5.74) is 8.52. The molecule has 1 fully saturated rings. The molecule has 0 heterocycles. The molecule has 1 aliphatic rings. The fourth-order valence-electron chi connectivity index (χ4n) is 2.77. The third-order valence-corrected chi connectivity index (χ3v) is 3.95. The summed E-state index contributed by atoms with van der Waals surface area (Å²) in [6, 6.07) is 9.39. The highest BCUT2D eigenvalue weighted by molar-refractivity contribution is 5.25. The van der Waals surface area contributed by atoms with Crippen molar-refractivity contribution in [2.24, 2.45) is 5.73 Å². The fourth-order valence-corrected chi connectivity index (χ4v) is 2.77. The average Bonchev–Trinajstić information content (AvgIpc) is 2.28. The van der Waals surface area contributed by atoms with E-state index in [0.29, 0.717) is 12.6 Å². The second-order valence-electron chi connectivity index (χ2n) is 5.21. The Morgan fingerprint density at radius 1 is 1.44 bits per heavy atom. The molecule has 0 aliphatic heterocycles. The Kier molecular flexibility index (Phi) is 4.75. The Hall–Kier alpha value is -0.900. The molecule has 3 nitrogen and oxygen atoms in total. The van der Waals surface area contributed by atoms with Crippen molar-refractivity contribution in [2.45, 2.75) is 38.3 Å². The van der Waals surface area contributed by atoms with Gasteiger partial charge in [-0.1, -0.05) is 36.2 Å². The van der Waals surface area contributed by atoms with Crippen molar-refractivity contribution in [1.29, 1.82) is 0 Å². The molecule has 3 N–H and O–H groups in total. The maximum absolute atomic E-state index is 9.27. The van der Waals surface area contributed by atoms with Crippen LogP contribution in [0.2, 0.25) is 0 Å². The van der Waals surface area contributed by atoms with E-state index in [1.54, 1.807) is 0 Å². The van der Waals surface area contributed by atoms with Crippen molar-refractivity contribution < 1.29 is 5.11 Å². The van der Waals surface area contributed by atoms with Crippen LogP contribution in [0.15, 0.2) is 24.3 Å². The quantitative estimate of drug-likeness (QED) is 0.807. The van der Waals surface area contributed by atoms with Crippen molar-refractivity contribution in [3.05, 3.63) is 35.4 Å². The number of aryl methyl sites for hydroxylation is 1. The molecule has 1 unspecified atom stereocenters. The topological polar surface area (TPSA) is 49.5 Å². The van der Waals surface area contributed by atoms with Crippen LogP contribution in [0.1, 0.15) is 36.4 Å². The van der Waals surface area contributed by atoms with Gasteiger partial charge in [-0.05, 0) is 25.3 Å². The molecular weight excluding hydrogens is 224 g/mol. The highest BCUT2D eigenvalue weighted by atomic mass is 16.3. The highest BCUT2D eigenvalue weighted by Crippen LogP contribution is 2.31. The molecule has 0 saturated heterocycles. The smallest absolute Gasteiger partial charge is 0.0558 e. The lowest BCUT2D eigenvalue weighted by molar-refractivity contribution is 0.0623. The third kappa shape index (κ3) is 2.91. The number of rotatable bonds is 6. The first-order valence-electron chi connectivity index (χ1n) is 6.89. The molecule has 0 radical (unpaired) electrons. The van der Waals surface area contributed by atoms with E-state index in [1.165, 1.54) is 30.4 Å². The van der Waals surface area contributed by atoms with Gasteiger partial charge < -0.3 is 10.8 Å². The summed E-state index contributed by atoms with van der Waals surface area (Å²) < 4.78 is 0. The number of hydrogen-bond donors (Lipinski definition) is 2. The second-order valence-corrected chi connectivity index (χ2v) is 5.21. The van der Waals surface area contributed by atoms with E-state index in [1.807, 2.05) is 0 Å². The van der Waals surface area contributed by atoms with Crippen molar-refractivity contribution in [3.8, 4) is 0 Å². The van der Waals surface area contributed by atoms with Crippen molar-refractivity contribution >= 4 is 0 Å². The number of benzene rings is 1. The molecule has 3 heteroatoms. The number of nitrogens with zero attached hydrogens (tertiary/aromatic N) is 1. The molecule has 100 valence electrons. The largest absolute Gasteiger partial charge is 0.395 e. The minimum atomic E-state index is 0.207. The zero-order valence-corrected chi connectivity index (χ0v) is 11.2. The van der Waals surface area contributed by atoms with Gasteiger partial charge in [0.1, 0.15) is 0 Å². The lowest BCUT2D eigenvalue weighted by Gasteiger charge is -2.42. The second kappa shape index (κ2) is 6.32. The Morgan fingerprint density at radius 3 is 2.72 bits per heavy atom. The molecule has 1 aromatic rings. The van der Waals surface area contributed by atoms with Crippen LogP contribution >= 0.6 is 0 Å². The molecular formula is C15H24N2O. The van der Waals surface area contributed by atoms with Crippen LogP contribution in [0.3, 0.4) is 0 Å². The zero-order valence-electron chi connectivity index (χ0n) is 11.2. The van der Waals surface area contributed by atoms with Gasteiger partial charge in [-0.2, -0.15) is 0 Å². The third-order valence-electron chi connectivity index (χ3n) is 3.95. The van der Waals surface area contributed by atoms with Crippen LogP contribution in [0.25, 0.3) is 0 Å². The molecule has 2 rings (SSSR count). The maximum Gasteiger partial charge on any atom is 0.0558 e. The van der Waals surface area contributed by atoms with E-state index in [2.05, 4.69) is 36.1 Å². The summed E-state index contributed by atoms with van der Waals surface area (Å²) in [6.07, 6.45) is 3.78. The van der Waals surface area contributed by atoms with Gasteiger partial charge in [-0.25, -0.2) is 0 Å². The van der Waals surface area contributed by atoms with E-state index >= 15 is 0 Å². The lowest BCUT2D eigenvalue weighted by Crippen LogP contribution is -2.46. The number of hydrogen-bond acceptors (Lipinski definition) is 3. The van der Waals surface area contributed by atoms with Gasteiger partial charge in [0.15, 0.2) is 0 Å². The zero-order chi connectivity index (χ0) is 13.0. The number of nitrogens with two attached hydrogens (primary N) is 1. The van der Waals surface area contributed by atoms with E-state index in [4.69, 9.17) is 5.73 Å². The molecule has 1 aromatic carbocycles. The lowest BCUT2D eigenvalue weighted by atomic mass is 9.89. The fraction of sp³-hybridized carbons (Fsp3) is 0.600. The van der Waals surface area contributed by atoms with Gasteiger partial charge in [-0.15, -0.1) is 0 Å². The van der Waals surface area contributed by atoms with Crippen LogP contribution in [-0.4, -0.2) is 35.7 Å². The van der Waals surface area contributed by atoms with Crippen LogP contribution in [0, 0.1) is 6.92 Å². The number of aliphatic hydroxyl groups is 1. The van der Waals surface area contributed by atoms with Crippen LogP contribution in [0.4, 0.5) is 0 Å². The van der Waals surface area contributed by atoms with E-state index in [9.17, 15) is 5.11 Å². The van der Waals surface area contributed by atoms with Gasteiger partial charge in [0, 0.05) is 25.2 Å². The Balaban J connectivity index is 2.18. The summed E-state index contributed by atoms with van der Waals surface area (Å²) in [5, 5.41) is 9.27.